The predicted molar refractivity (Wildman–Crippen MR) is 192 cm³/mol. The van der Waals surface area contributed by atoms with Crippen molar-refractivity contribution in [1.82, 2.24) is 0 Å². The molecule has 0 unspecified atom stereocenters. The van der Waals surface area contributed by atoms with Gasteiger partial charge in [0.25, 0.3) is 5.69 Å². The maximum absolute atomic E-state index is 13.1. The molecule has 10 heteroatoms. The van der Waals surface area contributed by atoms with Crippen molar-refractivity contribution in [3.8, 4) is 5.75 Å². The average molecular weight is 762 g/mol. The van der Waals surface area contributed by atoms with Gasteiger partial charge in [-0.1, -0.05) is 65.8 Å². The normalized spacial score (nSPS) is 20.3. The molecular formula is C37H48INO8. The van der Waals surface area contributed by atoms with Crippen LogP contribution in [-0.2, 0) is 25.6 Å². The molecule has 0 bridgehead atoms. The average Bonchev–Trinajstić information content (AvgIpc) is 3.08. The molecule has 0 saturated heterocycles. The molecule has 2 aromatic carbocycles. The molecule has 0 aliphatic heterocycles. The predicted octanol–water partition coefficient (Wildman–Crippen LogP) is 9.15. The summed E-state index contributed by atoms with van der Waals surface area (Å²) in [6.45, 7) is 9.73. The summed E-state index contributed by atoms with van der Waals surface area (Å²) < 4.78 is 31.1. The lowest BCUT2D eigenvalue weighted by Crippen LogP contribution is -2.42. The Labute approximate surface area is 292 Å². The number of nitro groups is 1. The van der Waals surface area contributed by atoms with Gasteiger partial charge in [-0.2, -0.15) is 0 Å². The lowest BCUT2D eigenvalue weighted by molar-refractivity contribution is -0.384. The van der Waals surface area contributed by atoms with E-state index in [2.05, 4.69) is 60.4 Å². The number of methoxy groups -OCH3 is 2. The number of nitrogens with zero attached hydrogens (tertiary/aromatic N) is 1. The van der Waals surface area contributed by atoms with Crippen molar-refractivity contribution in [2.24, 2.45) is 11.3 Å². The van der Waals surface area contributed by atoms with Crippen LogP contribution in [-0.4, -0.2) is 51.2 Å². The molecule has 9 nitrogen and oxygen atoms in total. The number of ether oxygens (including phenoxy) is 5. The summed E-state index contributed by atoms with van der Waals surface area (Å²) in [5.74, 6) is 0.464. The van der Waals surface area contributed by atoms with Gasteiger partial charge in [0.1, 0.15) is 19.1 Å². The second kappa shape index (κ2) is 19.1. The molecule has 256 valence electrons. The van der Waals surface area contributed by atoms with Gasteiger partial charge in [-0.25, -0.2) is 4.79 Å². The molecule has 0 aromatic heterocycles. The van der Waals surface area contributed by atoms with E-state index in [0.717, 1.165) is 54.6 Å². The summed E-state index contributed by atoms with van der Waals surface area (Å²) >= 11 is 2.29. The van der Waals surface area contributed by atoms with Crippen LogP contribution >= 0.6 is 22.6 Å². The van der Waals surface area contributed by atoms with Crippen molar-refractivity contribution in [2.75, 3.05) is 34.2 Å². The van der Waals surface area contributed by atoms with Gasteiger partial charge in [0.2, 0.25) is 0 Å². The Balaban J connectivity index is 1.93. The Morgan fingerprint density at radius 1 is 1.02 bits per heavy atom. The van der Waals surface area contributed by atoms with E-state index in [1.807, 2.05) is 24.3 Å². The van der Waals surface area contributed by atoms with Crippen molar-refractivity contribution in [3.63, 3.8) is 0 Å². The summed E-state index contributed by atoms with van der Waals surface area (Å²) in [6, 6.07) is 13.2. The van der Waals surface area contributed by atoms with Crippen LogP contribution in [0.5, 0.6) is 5.75 Å². The largest absolute Gasteiger partial charge is 0.497 e. The Hall–Kier alpha value is -3.06. The van der Waals surface area contributed by atoms with E-state index in [9.17, 15) is 14.9 Å². The zero-order valence-electron chi connectivity index (χ0n) is 28.4. The van der Waals surface area contributed by atoms with Gasteiger partial charge in [-0.15, -0.1) is 0 Å². The second-order valence-corrected chi connectivity index (χ2v) is 13.0. The highest BCUT2D eigenvalue weighted by Crippen LogP contribution is 2.49. The monoisotopic (exact) mass is 761 g/mol. The molecule has 47 heavy (non-hydrogen) atoms. The SMILES string of the molecule is COCO[C@H]1C[C@@H](C)[C@](C)(CC/C(C)=C/CC/C(C)=C/I)C(COCc2ccc(OC)cc2)=C1COC(=O)c1ccc([N+](=O)[O-])cc1. The van der Waals surface area contributed by atoms with Crippen LogP contribution in [0, 0.1) is 21.4 Å². The highest BCUT2D eigenvalue weighted by molar-refractivity contribution is 14.1. The number of benzene rings is 2. The number of halogens is 1. The number of hydrogen-bond acceptors (Lipinski definition) is 8. The van der Waals surface area contributed by atoms with E-state index >= 15 is 0 Å². The van der Waals surface area contributed by atoms with Crippen LogP contribution in [0.1, 0.15) is 75.7 Å². The van der Waals surface area contributed by atoms with E-state index in [0.29, 0.717) is 13.2 Å². The summed E-state index contributed by atoms with van der Waals surface area (Å²) in [4.78, 5) is 23.7. The quantitative estimate of drug-likeness (QED) is 0.0370. The second-order valence-electron chi connectivity index (χ2n) is 12.4. The van der Waals surface area contributed by atoms with Crippen LogP contribution < -0.4 is 4.74 Å². The number of carbonyl (C=O) groups excluding carboxylic acids is 1. The molecule has 0 N–H and O–H groups in total. The van der Waals surface area contributed by atoms with E-state index in [4.69, 9.17) is 23.7 Å². The minimum Gasteiger partial charge on any atom is -0.497 e. The molecular weight excluding hydrogens is 713 g/mol. The Morgan fingerprint density at radius 2 is 1.72 bits per heavy atom. The van der Waals surface area contributed by atoms with Gasteiger partial charge >= 0.3 is 5.97 Å². The van der Waals surface area contributed by atoms with Crippen LogP contribution in [0.2, 0.25) is 0 Å². The molecule has 1 aliphatic carbocycles. The Bertz CT molecular complexity index is 1420. The number of rotatable bonds is 18. The fraction of sp³-hybridized carbons (Fsp3) is 0.486. The Morgan fingerprint density at radius 3 is 2.34 bits per heavy atom. The van der Waals surface area contributed by atoms with Gasteiger partial charge in [-0.05, 0) is 102 Å². The first-order valence-electron chi connectivity index (χ1n) is 15.9. The van der Waals surface area contributed by atoms with Crippen LogP contribution in [0.15, 0.2) is 81.0 Å². The molecule has 0 fully saturated rings. The fourth-order valence-corrected chi connectivity index (χ4v) is 6.15. The third kappa shape index (κ3) is 11.3. The standard InChI is InChI=1S/C37H48INO8/c1-26(8-7-9-27(2)21-38)18-19-37(4)28(3)20-35(47-25-43-5)33(23-46-36(40)30-12-14-31(15-13-30)39(41)42)34(37)24-45-22-29-10-16-32(44-6)17-11-29/h8,10-17,21,28,35H,7,9,18-20,22-25H2,1-6H3/b26-8+,27-21+/t28-,35+,37+/m1/s1. The van der Waals surface area contributed by atoms with Crippen LogP contribution in [0.4, 0.5) is 5.69 Å². The van der Waals surface area contributed by atoms with E-state index in [-0.39, 0.29) is 42.1 Å². The molecule has 0 radical (unpaired) electrons. The summed E-state index contributed by atoms with van der Waals surface area (Å²) in [5, 5.41) is 11.1. The van der Waals surface area contributed by atoms with Gasteiger partial charge in [0.05, 0.1) is 36.9 Å². The van der Waals surface area contributed by atoms with Crippen molar-refractivity contribution in [3.05, 3.63) is 102 Å². The number of carbonyl (C=O) groups is 1. The van der Waals surface area contributed by atoms with Gasteiger partial charge in [-0.3, -0.25) is 10.1 Å². The van der Waals surface area contributed by atoms with Crippen molar-refractivity contribution < 1.29 is 33.4 Å². The number of nitro benzene ring substituents is 1. The maximum Gasteiger partial charge on any atom is 0.338 e. The number of allylic oxidation sites excluding steroid dienone is 3. The fourth-order valence-electron chi connectivity index (χ4n) is 5.83. The lowest BCUT2D eigenvalue weighted by Gasteiger charge is -2.46. The third-order valence-electron chi connectivity index (χ3n) is 9.11. The summed E-state index contributed by atoms with van der Waals surface area (Å²) in [6.07, 6.45) is 6.61. The first kappa shape index (κ1) is 38.4. The van der Waals surface area contributed by atoms with E-state index in [1.54, 1.807) is 14.2 Å². The molecule has 0 saturated carbocycles. The molecule has 0 spiro atoms. The van der Waals surface area contributed by atoms with Crippen LogP contribution in [0.3, 0.4) is 0 Å². The van der Waals surface area contributed by atoms with E-state index < -0.39 is 10.9 Å². The summed E-state index contributed by atoms with van der Waals surface area (Å²) in [5.41, 5.74) is 5.57. The summed E-state index contributed by atoms with van der Waals surface area (Å²) in [7, 11) is 3.22. The highest BCUT2D eigenvalue weighted by atomic mass is 127. The molecule has 3 atom stereocenters. The van der Waals surface area contributed by atoms with Gasteiger partial charge in [0, 0.05) is 19.2 Å². The molecule has 3 rings (SSSR count). The van der Waals surface area contributed by atoms with Crippen LogP contribution in [0.25, 0.3) is 0 Å². The number of esters is 1. The lowest BCUT2D eigenvalue weighted by atomic mass is 9.61. The minimum absolute atomic E-state index is 0.00444. The van der Waals surface area contributed by atoms with Gasteiger partial charge < -0.3 is 23.7 Å². The zero-order valence-corrected chi connectivity index (χ0v) is 30.5. The van der Waals surface area contributed by atoms with Gasteiger partial charge in [0.15, 0.2) is 0 Å². The van der Waals surface area contributed by atoms with Crippen molar-refractivity contribution in [2.45, 2.75) is 72.5 Å². The highest BCUT2D eigenvalue weighted by Gasteiger charge is 2.44. The first-order valence-corrected chi connectivity index (χ1v) is 17.1. The molecule has 0 heterocycles. The maximum atomic E-state index is 13.1. The minimum atomic E-state index is -0.564. The molecule has 2 aromatic rings. The van der Waals surface area contributed by atoms with E-state index in [1.165, 1.54) is 35.4 Å². The Kier molecular flexibility index (Phi) is 15.6. The number of non-ortho nitro benzene ring substituents is 1. The molecule has 0 amide bonds. The van der Waals surface area contributed by atoms with Crippen molar-refractivity contribution in [1.29, 1.82) is 0 Å². The third-order valence-corrected chi connectivity index (χ3v) is 10.2. The number of hydrogen-bond donors (Lipinski definition) is 0. The smallest absolute Gasteiger partial charge is 0.338 e. The first-order chi connectivity index (χ1) is 22.5. The topological polar surface area (TPSA) is 106 Å². The van der Waals surface area contributed by atoms with Crippen molar-refractivity contribution >= 4 is 34.2 Å². The molecule has 1 aliphatic rings. The zero-order chi connectivity index (χ0) is 34.4.